The lowest BCUT2D eigenvalue weighted by Crippen LogP contribution is -2.46. The number of carbonyl (C=O) groups is 2. The Morgan fingerprint density at radius 1 is 1.09 bits per heavy atom. The molecule has 0 aromatic heterocycles. The first-order chi connectivity index (χ1) is 11.1. The van der Waals surface area contributed by atoms with E-state index in [4.69, 9.17) is 4.74 Å². The van der Waals surface area contributed by atoms with Gasteiger partial charge in [0.05, 0.1) is 13.2 Å². The smallest absolute Gasteiger partial charge is 0.320 e. The highest BCUT2D eigenvalue weighted by Crippen LogP contribution is 2.16. The van der Waals surface area contributed by atoms with Crippen LogP contribution in [0.4, 0.5) is 4.79 Å². The van der Waals surface area contributed by atoms with Gasteiger partial charge in [-0.3, -0.25) is 4.79 Å². The highest BCUT2D eigenvalue weighted by Gasteiger charge is 2.31. The maximum Gasteiger partial charge on any atom is 0.320 e. The lowest BCUT2D eigenvalue weighted by atomic mass is 10.1. The molecule has 3 rings (SSSR count). The average Bonchev–Trinajstić information content (AvgIpc) is 2.91. The molecule has 0 spiro atoms. The first-order valence-electron chi connectivity index (χ1n) is 8.09. The molecule has 23 heavy (non-hydrogen) atoms. The topological polar surface area (TPSA) is 53.1 Å². The van der Waals surface area contributed by atoms with Crippen LogP contribution in [0.5, 0.6) is 0 Å². The molecule has 2 saturated heterocycles. The fourth-order valence-electron chi connectivity index (χ4n) is 3.00. The Labute approximate surface area is 136 Å². The molecular weight excluding hydrogens is 294 g/mol. The molecular formula is C17H23N3O3. The summed E-state index contributed by atoms with van der Waals surface area (Å²) in [4.78, 5) is 30.0. The van der Waals surface area contributed by atoms with Crippen molar-refractivity contribution in [3.63, 3.8) is 0 Å². The summed E-state index contributed by atoms with van der Waals surface area (Å²) in [6, 6.07) is 8.04. The van der Waals surface area contributed by atoms with E-state index in [1.165, 1.54) is 5.56 Å². The van der Waals surface area contributed by atoms with Crippen LogP contribution in [-0.4, -0.2) is 72.6 Å². The fraction of sp³-hybridized carbons (Fsp3) is 0.529. The van der Waals surface area contributed by atoms with Crippen LogP contribution in [-0.2, 0) is 16.1 Å². The van der Waals surface area contributed by atoms with Crippen LogP contribution in [0.2, 0.25) is 0 Å². The van der Waals surface area contributed by atoms with E-state index in [9.17, 15) is 9.59 Å². The summed E-state index contributed by atoms with van der Waals surface area (Å²) in [5.74, 6) is 0.0133. The third-order valence-electron chi connectivity index (χ3n) is 4.49. The molecule has 2 aliphatic rings. The van der Waals surface area contributed by atoms with Crippen molar-refractivity contribution >= 4 is 11.9 Å². The highest BCUT2D eigenvalue weighted by molar-refractivity contribution is 5.85. The summed E-state index contributed by atoms with van der Waals surface area (Å²) in [6.07, 6.45) is 0. The van der Waals surface area contributed by atoms with E-state index < -0.39 is 0 Å². The molecule has 1 aromatic rings. The van der Waals surface area contributed by atoms with Crippen molar-refractivity contribution in [1.82, 2.24) is 14.7 Å². The van der Waals surface area contributed by atoms with Crippen LogP contribution in [0.3, 0.4) is 0 Å². The van der Waals surface area contributed by atoms with E-state index in [1.807, 2.05) is 23.1 Å². The zero-order valence-corrected chi connectivity index (χ0v) is 13.5. The minimum Gasteiger partial charge on any atom is -0.378 e. The number of morpholine rings is 1. The van der Waals surface area contributed by atoms with E-state index in [2.05, 4.69) is 13.0 Å². The van der Waals surface area contributed by atoms with Gasteiger partial charge in [-0.2, -0.15) is 0 Å². The Kier molecular flexibility index (Phi) is 4.81. The van der Waals surface area contributed by atoms with Gasteiger partial charge in [-0.1, -0.05) is 24.3 Å². The number of ether oxygens (including phenoxy) is 1. The second kappa shape index (κ2) is 7.00. The number of urea groups is 1. The summed E-state index contributed by atoms with van der Waals surface area (Å²) >= 11 is 0. The summed E-state index contributed by atoms with van der Waals surface area (Å²) in [5.41, 5.74) is 2.34. The molecule has 0 unspecified atom stereocenters. The molecule has 0 atom stereocenters. The molecule has 6 heteroatoms. The van der Waals surface area contributed by atoms with Crippen molar-refractivity contribution < 1.29 is 14.3 Å². The monoisotopic (exact) mass is 317 g/mol. The van der Waals surface area contributed by atoms with Crippen molar-refractivity contribution in [1.29, 1.82) is 0 Å². The number of aryl methyl sites for hydroxylation is 1. The van der Waals surface area contributed by atoms with Crippen molar-refractivity contribution in [3.05, 3.63) is 35.4 Å². The van der Waals surface area contributed by atoms with Gasteiger partial charge in [0.25, 0.3) is 0 Å². The minimum absolute atomic E-state index is 0.0133. The number of amides is 3. The predicted octanol–water partition coefficient (Wildman–Crippen LogP) is 1.09. The van der Waals surface area contributed by atoms with E-state index in [0.717, 1.165) is 5.56 Å². The Morgan fingerprint density at radius 3 is 2.52 bits per heavy atom. The largest absolute Gasteiger partial charge is 0.378 e. The molecule has 124 valence electrons. The molecule has 2 aliphatic heterocycles. The standard InChI is InChI=1S/C17H23N3O3/c1-14-4-2-3-5-15(14)12-19-6-7-20(17(19)22)13-16(21)18-8-10-23-11-9-18/h2-5H,6-13H2,1H3. The lowest BCUT2D eigenvalue weighted by Gasteiger charge is -2.28. The average molecular weight is 317 g/mol. The second-order valence-electron chi connectivity index (χ2n) is 6.05. The second-order valence-corrected chi connectivity index (χ2v) is 6.05. The molecule has 3 amide bonds. The Bertz CT molecular complexity index is 584. The van der Waals surface area contributed by atoms with Crippen LogP contribution in [0.25, 0.3) is 0 Å². The van der Waals surface area contributed by atoms with Crippen LogP contribution in [0.1, 0.15) is 11.1 Å². The molecule has 2 heterocycles. The molecule has 0 N–H and O–H groups in total. The van der Waals surface area contributed by atoms with Crippen molar-refractivity contribution in [2.24, 2.45) is 0 Å². The Morgan fingerprint density at radius 2 is 1.78 bits per heavy atom. The summed E-state index contributed by atoms with van der Waals surface area (Å²) in [6.45, 7) is 6.51. The van der Waals surface area contributed by atoms with Gasteiger partial charge in [0.1, 0.15) is 6.54 Å². The third kappa shape index (κ3) is 3.64. The van der Waals surface area contributed by atoms with E-state index in [1.54, 1.807) is 9.80 Å². The number of carbonyl (C=O) groups excluding carboxylic acids is 2. The Balaban J connectivity index is 1.56. The number of hydrogen-bond donors (Lipinski definition) is 0. The van der Waals surface area contributed by atoms with Crippen molar-refractivity contribution in [3.8, 4) is 0 Å². The first kappa shape index (κ1) is 15.8. The van der Waals surface area contributed by atoms with Crippen LogP contribution in [0.15, 0.2) is 24.3 Å². The van der Waals surface area contributed by atoms with E-state index in [0.29, 0.717) is 45.9 Å². The van der Waals surface area contributed by atoms with Gasteiger partial charge >= 0.3 is 6.03 Å². The molecule has 0 saturated carbocycles. The summed E-state index contributed by atoms with van der Waals surface area (Å²) in [7, 11) is 0. The van der Waals surface area contributed by atoms with Gasteiger partial charge in [0.15, 0.2) is 0 Å². The van der Waals surface area contributed by atoms with Gasteiger partial charge in [0, 0.05) is 32.7 Å². The van der Waals surface area contributed by atoms with E-state index >= 15 is 0 Å². The van der Waals surface area contributed by atoms with Crippen LogP contribution >= 0.6 is 0 Å². The number of benzene rings is 1. The third-order valence-corrected chi connectivity index (χ3v) is 4.49. The molecule has 0 bridgehead atoms. The number of hydrogen-bond acceptors (Lipinski definition) is 3. The minimum atomic E-state index is -0.0464. The fourth-order valence-corrected chi connectivity index (χ4v) is 3.00. The quantitative estimate of drug-likeness (QED) is 0.835. The van der Waals surface area contributed by atoms with Gasteiger partial charge in [-0.05, 0) is 18.1 Å². The molecule has 0 radical (unpaired) electrons. The van der Waals surface area contributed by atoms with E-state index in [-0.39, 0.29) is 18.5 Å². The Hall–Kier alpha value is -2.08. The number of rotatable bonds is 4. The predicted molar refractivity (Wildman–Crippen MR) is 86.0 cm³/mol. The normalized spacial score (nSPS) is 18.7. The maximum atomic E-state index is 12.5. The van der Waals surface area contributed by atoms with Crippen LogP contribution < -0.4 is 0 Å². The van der Waals surface area contributed by atoms with Gasteiger partial charge in [-0.15, -0.1) is 0 Å². The summed E-state index contributed by atoms with van der Waals surface area (Å²) < 4.78 is 5.25. The zero-order chi connectivity index (χ0) is 16.2. The zero-order valence-electron chi connectivity index (χ0n) is 13.5. The van der Waals surface area contributed by atoms with Gasteiger partial charge in [0.2, 0.25) is 5.91 Å². The summed E-state index contributed by atoms with van der Waals surface area (Å²) in [5, 5.41) is 0. The molecule has 6 nitrogen and oxygen atoms in total. The molecule has 2 fully saturated rings. The van der Waals surface area contributed by atoms with Gasteiger partial charge in [-0.25, -0.2) is 4.79 Å². The maximum absolute atomic E-state index is 12.5. The highest BCUT2D eigenvalue weighted by atomic mass is 16.5. The molecule has 0 aliphatic carbocycles. The van der Waals surface area contributed by atoms with Crippen LogP contribution in [0, 0.1) is 6.92 Å². The lowest BCUT2D eigenvalue weighted by molar-refractivity contribution is -0.135. The van der Waals surface area contributed by atoms with Gasteiger partial charge < -0.3 is 19.4 Å². The van der Waals surface area contributed by atoms with Crippen molar-refractivity contribution in [2.75, 3.05) is 45.9 Å². The SMILES string of the molecule is Cc1ccccc1CN1CCN(CC(=O)N2CCOCC2)C1=O. The van der Waals surface area contributed by atoms with Crippen molar-refractivity contribution in [2.45, 2.75) is 13.5 Å². The number of nitrogens with zero attached hydrogens (tertiary/aromatic N) is 3. The first-order valence-corrected chi connectivity index (χ1v) is 8.09. The molecule has 1 aromatic carbocycles.